The van der Waals surface area contributed by atoms with Crippen LogP contribution >= 0.6 is 0 Å². The minimum absolute atomic E-state index is 0.0460. The number of carbonyl (C=O) groups excluding carboxylic acids is 1. The molecule has 4 nitrogen and oxygen atoms in total. The highest BCUT2D eigenvalue weighted by Crippen LogP contribution is 2.24. The van der Waals surface area contributed by atoms with E-state index >= 15 is 0 Å². The number of piperidine rings is 1. The van der Waals surface area contributed by atoms with Gasteiger partial charge in [-0.3, -0.25) is 9.69 Å². The Hall–Kier alpha value is -2.33. The van der Waals surface area contributed by atoms with Crippen LogP contribution in [-0.2, 0) is 4.79 Å². The van der Waals surface area contributed by atoms with Gasteiger partial charge in [0.2, 0.25) is 0 Å². The maximum absolute atomic E-state index is 12.4. The molecule has 0 aliphatic carbocycles. The molecule has 2 aromatic rings. The zero-order chi connectivity index (χ0) is 19.1. The van der Waals surface area contributed by atoms with Crippen molar-refractivity contribution in [2.24, 2.45) is 0 Å². The van der Waals surface area contributed by atoms with E-state index in [4.69, 9.17) is 4.74 Å². The molecule has 1 aliphatic rings. The van der Waals surface area contributed by atoms with E-state index in [2.05, 4.69) is 40.5 Å². The number of hydrogen-bond acceptors (Lipinski definition) is 3. The van der Waals surface area contributed by atoms with Crippen LogP contribution in [-0.4, -0.2) is 37.0 Å². The van der Waals surface area contributed by atoms with Gasteiger partial charge in [-0.2, -0.15) is 0 Å². The highest BCUT2D eigenvalue weighted by Gasteiger charge is 2.22. The van der Waals surface area contributed by atoms with Crippen LogP contribution in [0, 0.1) is 13.8 Å². The van der Waals surface area contributed by atoms with Crippen molar-refractivity contribution in [2.75, 3.05) is 26.2 Å². The van der Waals surface area contributed by atoms with Crippen molar-refractivity contribution >= 4 is 5.91 Å². The van der Waals surface area contributed by atoms with E-state index in [0.717, 1.165) is 30.0 Å². The van der Waals surface area contributed by atoms with Crippen molar-refractivity contribution in [3.8, 4) is 5.75 Å². The summed E-state index contributed by atoms with van der Waals surface area (Å²) < 4.78 is 5.69. The van der Waals surface area contributed by atoms with Gasteiger partial charge in [0.05, 0.1) is 6.04 Å². The number of hydrogen-bond donors (Lipinski definition) is 1. The standard InChI is InChI=1S/C23H30N2O2/c1-18-13-19(2)15-21(14-18)27-17-23(26)24-16-22(20-9-5-3-6-10-20)25-11-7-4-8-12-25/h3,5-6,9-10,13-15,22H,4,7-8,11-12,16-17H2,1-2H3,(H,24,26)/t22-/m0/s1. The van der Waals surface area contributed by atoms with Gasteiger partial charge in [0.15, 0.2) is 6.61 Å². The van der Waals surface area contributed by atoms with Gasteiger partial charge in [0, 0.05) is 6.54 Å². The molecule has 0 radical (unpaired) electrons. The monoisotopic (exact) mass is 366 g/mol. The summed E-state index contributed by atoms with van der Waals surface area (Å²) in [4.78, 5) is 14.8. The van der Waals surface area contributed by atoms with E-state index in [1.807, 2.05) is 32.0 Å². The average Bonchev–Trinajstić information content (AvgIpc) is 2.67. The predicted octanol–water partition coefficient (Wildman–Crippen LogP) is 4.03. The van der Waals surface area contributed by atoms with Crippen LogP contribution in [0.15, 0.2) is 48.5 Å². The summed E-state index contributed by atoms with van der Waals surface area (Å²) in [7, 11) is 0. The zero-order valence-corrected chi connectivity index (χ0v) is 16.4. The Morgan fingerprint density at radius 2 is 1.70 bits per heavy atom. The summed E-state index contributed by atoms with van der Waals surface area (Å²) in [5.74, 6) is 0.672. The molecule has 0 bridgehead atoms. The van der Waals surface area contributed by atoms with Crippen LogP contribution in [0.5, 0.6) is 5.75 Å². The third kappa shape index (κ3) is 5.83. The van der Waals surface area contributed by atoms with Crippen molar-refractivity contribution in [1.82, 2.24) is 10.2 Å². The molecule has 0 saturated carbocycles. The molecule has 1 N–H and O–H groups in total. The third-order valence-electron chi connectivity index (χ3n) is 5.07. The van der Waals surface area contributed by atoms with Gasteiger partial charge in [-0.15, -0.1) is 0 Å². The van der Waals surface area contributed by atoms with Crippen LogP contribution in [0.3, 0.4) is 0 Å². The first-order valence-electron chi connectivity index (χ1n) is 9.88. The highest BCUT2D eigenvalue weighted by atomic mass is 16.5. The van der Waals surface area contributed by atoms with Gasteiger partial charge in [-0.1, -0.05) is 42.8 Å². The summed E-state index contributed by atoms with van der Waals surface area (Å²) in [6.45, 7) is 6.90. The van der Waals surface area contributed by atoms with E-state index < -0.39 is 0 Å². The quantitative estimate of drug-likeness (QED) is 0.804. The Bertz CT molecular complexity index is 719. The molecule has 0 spiro atoms. The molecule has 0 unspecified atom stereocenters. The molecular weight excluding hydrogens is 336 g/mol. The third-order valence-corrected chi connectivity index (χ3v) is 5.07. The van der Waals surface area contributed by atoms with Crippen molar-refractivity contribution in [2.45, 2.75) is 39.2 Å². The van der Waals surface area contributed by atoms with Gasteiger partial charge >= 0.3 is 0 Å². The van der Waals surface area contributed by atoms with Gasteiger partial charge in [0.25, 0.3) is 5.91 Å². The molecule has 2 aromatic carbocycles. The van der Waals surface area contributed by atoms with Crippen LogP contribution < -0.4 is 10.1 Å². The van der Waals surface area contributed by atoms with Crippen molar-refractivity contribution in [1.29, 1.82) is 0 Å². The maximum atomic E-state index is 12.4. The molecule has 144 valence electrons. The van der Waals surface area contributed by atoms with Crippen LogP contribution in [0.1, 0.15) is 42.0 Å². The van der Waals surface area contributed by atoms with Crippen LogP contribution in [0.4, 0.5) is 0 Å². The lowest BCUT2D eigenvalue weighted by Crippen LogP contribution is -2.41. The normalized spacial score (nSPS) is 15.9. The molecule has 1 heterocycles. The van der Waals surface area contributed by atoms with Gasteiger partial charge < -0.3 is 10.1 Å². The summed E-state index contributed by atoms with van der Waals surface area (Å²) in [5.41, 5.74) is 3.54. The van der Waals surface area contributed by atoms with Gasteiger partial charge in [-0.05, 0) is 68.6 Å². The Kier molecular flexibility index (Phi) is 6.88. The van der Waals surface area contributed by atoms with E-state index in [1.54, 1.807) is 0 Å². The molecule has 1 fully saturated rings. The first-order chi connectivity index (χ1) is 13.1. The van der Waals surface area contributed by atoms with Crippen molar-refractivity contribution < 1.29 is 9.53 Å². The molecule has 1 amide bonds. The largest absolute Gasteiger partial charge is 0.484 e. The summed E-state index contributed by atoms with van der Waals surface area (Å²) in [6.07, 6.45) is 3.76. The highest BCUT2D eigenvalue weighted by molar-refractivity contribution is 5.77. The second-order valence-electron chi connectivity index (χ2n) is 7.44. The molecule has 27 heavy (non-hydrogen) atoms. The summed E-state index contributed by atoms with van der Waals surface area (Å²) in [5, 5.41) is 3.07. The van der Waals surface area contributed by atoms with Crippen LogP contribution in [0.25, 0.3) is 0 Å². The maximum Gasteiger partial charge on any atom is 0.258 e. The molecule has 1 saturated heterocycles. The molecule has 3 rings (SSSR count). The fraction of sp³-hybridized carbons (Fsp3) is 0.435. The first kappa shape index (κ1) is 19.4. The average molecular weight is 367 g/mol. The number of amides is 1. The number of carbonyl (C=O) groups is 1. The molecule has 1 atom stereocenters. The molecule has 4 heteroatoms. The van der Waals surface area contributed by atoms with E-state index in [1.165, 1.54) is 24.8 Å². The SMILES string of the molecule is Cc1cc(C)cc(OCC(=O)NC[C@@H](c2ccccc2)N2CCCCC2)c1. The molecule has 1 aliphatic heterocycles. The number of rotatable bonds is 7. The van der Waals surface area contributed by atoms with E-state index in [-0.39, 0.29) is 18.6 Å². The lowest BCUT2D eigenvalue weighted by atomic mass is 10.0. The Morgan fingerprint density at radius 3 is 2.37 bits per heavy atom. The van der Waals surface area contributed by atoms with Gasteiger partial charge in [-0.25, -0.2) is 0 Å². The summed E-state index contributed by atoms with van der Waals surface area (Å²) in [6, 6.07) is 16.7. The number of benzene rings is 2. The van der Waals surface area contributed by atoms with Crippen molar-refractivity contribution in [3.05, 3.63) is 65.2 Å². The smallest absolute Gasteiger partial charge is 0.258 e. The molecular formula is C23H30N2O2. The molecule has 0 aromatic heterocycles. The topological polar surface area (TPSA) is 41.6 Å². The second kappa shape index (κ2) is 9.56. The minimum Gasteiger partial charge on any atom is -0.484 e. The Labute approximate surface area is 162 Å². The van der Waals surface area contributed by atoms with Crippen LogP contribution in [0.2, 0.25) is 0 Å². The predicted molar refractivity (Wildman–Crippen MR) is 109 cm³/mol. The van der Waals surface area contributed by atoms with Crippen molar-refractivity contribution in [3.63, 3.8) is 0 Å². The first-order valence-corrected chi connectivity index (χ1v) is 9.88. The minimum atomic E-state index is -0.0768. The zero-order valence-electron chi connectivity index (χ0n) is 16.4. The fourth-order valence-corrected chi connectivity index (χ4v) is 3.79. The number of nitrogens with zero attached hydrogens (tertiary/aromatic N) is 1. The van der Waals surface area contributed by atoms with E-state index in [0.29, 0.717) is 6.54 Å². The van der Waals surface area contributed by atoms with E-state index in [9.17, 15) is 4.79 Å². The second-order valence-corrected chi connectivity index (χ2v) is 7.44. The number of ether oxygens (including phenoxy) is 1. The Balaban J connectivity index is 1.56. The number of aryl methyl sites for hydroxylation is 2. The number of likely N-dealkylation sites (tertiary alicyclic amines) is 1. The lowest BCUT2D eigenvalue weighted by Gasteiger charge is -2.35. The lowest BCUT2D eigenvalue weighted by molar-refractivity contribution is -0.123. The summed E-state index contributed by atoms with van der Waals surface area (Å²) >= 11 is 0. The van der Waals surface area contributed by atoms with Gasteiger partial charge in [0.1, 0.15) is 5.75 Å². The fourth-order valence-electron chi connectivity index (χ4n) is 3.79. The number of nitrogens with one attached hydrogen (secondary N) is 1. The Morgan fingerprint density at radius 1 is 1.04 bits per heavy atom.